The van der Waals surface area contributed by atoms with Crippen LogP contribution < -0.4 is 0 Å². The van der Waals surface area contributed by atoms with Crippen molar-refractivity contribution in [2.45, 2.75) is 36.4 Å². The summed E-state index contributed by atoms with van der Waals surface area (Å²) in [6, 6.07) is 15.8. The Hall–Kier alpha value is -3.07. The van der Waals surface area contributed by atoms with Crippen molar-refractivity contribution in [3.8, 4) is 22.7 Å². The van der Waals surface area contributed by atoms with Crippen molar-refractivity contribution in [1.29, 1.82) is 0 Å². The SMILES string of the molecule is Clc1ccc(-c2cnc(CSc3nnc(-c4c[nH]c5ccccc45)n3CC3CCCO3)o2)cc1. The van der Waals surface area contributed by atoms with E-state index in [9.17, 15) is 0 Å². The lowest BCUT2D eigenvalue weighted by atomic mass is 10.1. The smallest absolute Gasteiger partial charge is 0.205 e. The maximum absolute atomic E-state index is 5.99. The Morgan fingerprint density at radius 2 is 2.00 bits per heavy atom. The van der Waals surface area contributed by atoms with Crippen LogP contribution in [0.3, 0.4) is 0 Å². The van der Waals surface area contributed by atoms with Crippen molar-refractivity contribution < 1.29 is 9.15 Å². The molecule has 6 rings (SSSR count). The summed E-state index contributed by atoms with van der Waals surface area (Å²) in [6.07, 6.45) is 6.04. The Morgan fingerprint density at radius 1 is 1.12 bits per heavy atom. The van der Waals surface area contributed by atoms with Crippen LogP contribution in [0, 0.1) is 0 Å². The molecule has 0 bridgehead atoms. The third kappa shape index (κ3) is 4.24. The number of thioether (sulfide) groups is 1. The Labute approximate surface area is 205 Å². The zero-order valence-electron chi connectivity index (χ0n) is 18.3. The monoisotopic (exact) mass is 491 g/mol. The first kappa shape index (κ1) is 21.5. The molecule has 4 heterocycles. The summed E-state index contributed by atoms with van der Waals surface area (Å²) in [5.74, 6) is 2.73. The molecule has 34 heavy (non-hydrogen) atoms. The molecule has 9 heteroatoms. The molecule has 1 saturated heterocycles. The average Bonchev–Trinajstić information content (AvgIpc) is 3.66. The molecule has 0 amide bonds. The first-order chi connectivity index (χ1) is 16.7. The van der Waals surface area contributed by atoms with Gasteiger partial charge in [-0.25, -0.2) is 4.98 Å². The number of hydrogen-bond donors (Lipinski definition) is 1. The minimum absolute atomic E-state index is 0.164. The van der Waals surface area contributed by atoms with Gasteiger partial charge in [0.15, 0.2) is 16.7 Å². The second-order valence-corrected chi connectivity index (χ2v) is 9.59. The van der Waals surface area contributed by atoms with Crippen LogP contribution in [0.25, 0.3) is 33.6 Å². The number of fused-ring (bicyclic) bond motifs is 1. The Balaban J connectivity index is 1.27. The summed E-state index contributed by atoms with van der Waals surface area (Å²) in [5.41, 5.74) is 3.05. The Morgan fingerprint density at radius 3 is 2.85 bits per heavy atom. The largest absolute Gasteiger partial charge is 0.440 e. The van der Waals surface area contributed by atoms with E-state index in [-0.39, 0.29) is 6.10 Å². The van der Waals surface area contributed by atoms with Crippen LogP contribution >= 0.6 is 23.4 Å². The maximum atomic E-state index is 5.99. The van der Waals surface area contributed by atoms with E-state index < -0.39 is 0 Å². The molecule has 2 aromatic carbocycles. The fourth-order valence-electron chi connectivity index (χ4n) is 4.26. The zero-order valence-corrected chi connectivity index (χ0v) is 19.9. The number of oxazole rings is 1. The van der Waals surface area contributed by atoms with E-state index in [1.807, 2.05) is 42.6 Å². The summed E-state index contributed by atoms with van der Waals surface area (Å²) >= 11 is 7.56. The fraction of sp³-hybridized carbons (Fsp3) is 0.240. The van der Waals surface area contributed by atoms with Crippen molar-refractivity contribution in [2.24, 2.45) is 0 Å². The molecule has 172 valence electrons. The molecular formula is C25H22ClN5O2S. The molecular weight excluding hydrogens is 470 g/mol. The lowest BCUT2D eigenvalue weighted by molar-refractivity contribution is 0.0953. The summed E-state index contributed by atoms with van der Waals surface area (Å²) in [5, 5.41) is 11.7. The first-order valence-electron chi connectivity index (χ1n) is 11.2. The van der Waals surface area contributed by atoms with Crippen molar-refractivity contribution in [3.05, 3.63) is 71.8 Å². The fourth-order valence-corrected chi connectivity index (χ4v) is 5.19. The van der Waals surface area contributed by atoms with E-state index in [0.717, 1.165) is 52.5 Å². The van der Waals surface area contributed by atoms with Crippen molar-refractivity contribution in [1.82, 2.24) is 24.7 Å². The third-order valence-corrected chi connectivity index (χ3v) is 7.17. The van der Waals surface area contributed by atoms with Gasteiger partial charge in [0, 0.05) is 39.9 Å². The van der Waals surface area contributed by atoms with Crippen molar-refractivity contribution in [2.75, 3.05) is 6.61 Å². The Kier molecular flexibility index (Phi) is 5.86. The van der Waals surface area contributed by atoms with Crippen LogP contribution in [-0.2, 0) is 17.0 Å². The number of halogens is 1. The van der Waals surface area contributed by atoms with Gasteiger partial charge in [0.05, 0.1) is 24.6 Å². The number of rotatable bonds is 7. The van der Waals surface area contributed by atoms with Gasteiger partial charge in [0.25, 0.3) is 0 Å². The molecule has 7 nitrogen and oxygen atoms in total. The van der Waals surface area contributed by atoms with Crippen LogP contribution in [0.15, 0.2) is 70.5 Å². The number of benzene rings is 2. The summed E-state index contributed by atoms with van der Waals surface area (Å²) in [6.45, 7) is 1.52. The lowest BCUT2D eigenvalue weighted by Gasteiger charge is -2.14. The van der Waals surface area contributed by atoms with Gasteiger partial charge in [0.1, 0.15) is 0 Å². The molecule has 1 N–H and O–H groups in total. The molecule has 1 aliphatic rings. The summed E-state index contributed by atoms with van der Waals surface area (Å²) in [7, 11) is 0. The minimum atomic E-state index is 0.164. The molecule has 0 radical (unpaired) electrons. The van der Waals surface area contributed by atoms with Gasteiger partial charge in [-0.15, -0.1) is 10.2 Å². The van der Waals surface area contributed by atoms with Gasteiger partial charge in [0.2, 0.25) is 5.89 Å². The number of aromatic amines is 1. The lowest BCUT2D eigenvalue weighted by Crippen LogP contribution is -2.16. The van der Waals surface area contributed by atoms with E-state index in [2.05, 4.69) is 36.9 Å². The molecule has 5 aromatic rings. The standard InChI is InChI=1S/C25H22ClN5O2S/c26-17-9-7-16(8-10-17)22-13-28-23(33-22)15-34-25-30-29-24(31(25)14-18-4-3-11-32-18)20-12-27-21-6-2-1-5-19(20)21/h1-2,5-10,12-13,18,27H,3-4,11,14-15H2. The van der Waals surface area contributed by atoms with Crippen LogP contribution in [0.1, 0.15) is 18.7 Å². The first-order valence-corrected chi connectivity index (χ1v) is 12.6. The number of H-pyrrole nitrogens is 1. The van der Waals surface area contributed by atoms with Gasteiger partial charge < -0.3 is 14.1 Å². The van der Waals surface area contributed by atoms with E-state index in [4.69, 9.17) is 20.8 Å². The molecule has 1 unspecified atom stereocenters. The van der Waals surface area contributed by atoms with Gasteiger partial charge in [-0.1, -0.05) is 41.6 Å². The summed E-state index contributed by atoms with van der Waals surface area (Å²) < 4.78 is 14.1. The van der Waals surface area contributed by atoms with Gasteiger partial charge >= 0.3 is 0 Å². The molecule has 0 spiro atoms. The van der Waals surface area contributed by atoms with Crippen molar-refractivity contribution in [3.63, 3.8) is 0 Å². The molecule has 0 aliphatic carbocycles. The normalized spacial score (nSPS) is 16.0. The second-order valence-electron chi connectivity index (χ2n) is 8.21. The van der Waals surface area contributed by atoms with E-state index in [0.29, 0.717) is 29.0 Å². The predicted molar refractivity (Wildman–Crippen MR) is 133 cm³/mol. The van der Waals surface area contributed by atoms with E-state index in [1.54, 1.807) is 18.0 Å². The van der Waals surface area contributed by atoms with Gasteiger partial charge in [-0.3, -0.25) is 4.57 Å². The van der Waals surface area contributed by atoms with Gasteiger partial charge in [-0.05, 0) is 43.2 Å². The highest BCUT2D eigenvalue weighted by molar-refractivity contribution is 7.98. The highest BCUT2D eigenvalue weighted by Gasteiger charge is 2.23. The maximum Gasteiger partial charge on any atom is 0.205 e. The number of aromatic nitrogens is 5. The topological polar surface area (TPSA) is 81.8 Å². The molecule has 3 aromatic heterocycles. The molecule has 1 aliphatic heterocycles. The number of nitrogens with zero attached hydrogens (tertiary/aromatic N) is 4. The zero-order chi connectivity index (χ0) is 22.9. The highest BCUT2D eigenvalue weighted by Crippen LogP contribution is 2.32. The molecule has 0 saturated carbocycles. The number of para-hydroxylation sites is 1. The number of ether oxygens (including phenoxy) is 1. The molecule has 1 fully saturated rings. The quantitative estimate of drug-likeness (QED) is 0.273. The second kappa shape index (κ2) is 9.29. The van der Waals surface area contributed by atoms with Crippen molar-refractivity contribution >= 4 is 34.3 Å². The number of hydrogen-bond acceptors (Lipinski definition) is 6. The molecule has 1 atom stereocenters. The Bertz CT molecular complexity index is 1420. The minimum Gasteiger partial charge on any atom is -0.440 e. The number of nitrogens with one attached hydrogen (secondary N) is 1. The average molecular weight is 492 g/mol. The highest BCUT2D eigenvalue weighted by atomic mass is 35.5. The van der Waals surface area contributed by atoms with Crippen LogP contribution in [0.4, 0.5) is 0 Å². The predicted octanol–water partition coefficient (Wildman–Crippen LogP) is 6.21. The van der Waals surface area contributed by atoms with Crippen LogP contribution in [0.5, 0.6) is 0 Å². The third-order valence-electron chi connectivity index (χ3n) is 5.96. The van der Waals surface area contributed by atoms with E-state index >= 15 is 0 Å². The van der Waals surface area contributed by atoms with E-state index in [1.165, 1.54) is 0 Å². The van der Waals surface area contributed by atoms with Gasteiger partial charge in [-0.2, -0.15) is 0 Å². The summed E-state index contributed by atoms with van der Waals surface area (Å²) in [4.78, 5) is 7.80. The van der Waals surface area contributed by atoms with Crippen LogP contribution in [-0.4, -0.2) is 37.4 Å². The van der Waals surface area contributed by atoms with Crippen LogP contribution in [0.2, 0.25) is 5.02 Å².